The van der Waals surface area contributed by atoms with E-state index in [4.69, 9.17) is 0 Å². The molecule has 0 aromatic carbocycles. The average Bonchev–Trinajstić information content (AvgIpc) is 2.82. The highest BCUT2D eigenvalue weighted by molar-refractivity contribution is 4.78. The first-order valence-electron chi connectivity index (χ1n) is 5.76. The van der Waals surface area contributed by atoms with Gasteiger partial charge in [0.1, 0.15) is 0 Å². The van der Waals surface area contributed by atoms with E-state index in [1.54, 1.807) is 0 Å². The highest BCUT2D eigenvalue weighted by atomic mass is 15.1. The summed E-state index contributed by atoms with van der Waals surface area (Å²) in [6, 6.07) is 0.782. The molecular weight excluding hydrogens is 160 g/mol. The normalized spacial score (nSPS) is 28.6. The summed E-state index contributed by atoms with van der Waals surface area (Å²) in [5.74, 6) is 1.08. The lowest BCUT2D eigenvalue weighted by Crippen LogP contribution is -2.35. The number of rotatable bonds is 5. The molecule has 1 atom stereocenters. The lowest BCUT2D eigenvalue weighted by molar-refractivity contribution is 0.291. The van der Waals surface area contributed by atoms with Crippen LogP contribution in [0, 0.1) is 5.92 Å². The van der Waals surface area contributed by atoms with Crippen molar-refractivity contribution < 1.29 is 0 Å². The van der Waals surface area contributed by atoms with Crippen LogP contribution >= 0.6 is 0 Å². The van der Waals surface area contributed by atoms with Crippen LogP contribution < -0.4 is 5.32 Å². The summed E-state index contributed by atoms with van der Waals surface area (Å²) in [6.07, 6.45) is 7.18. The molecule has 0 spiro atoms. The van der Waals surface area contributed by atoms with Gasteiger partial charge in [-0.05, 0) is 45.3 Å². The summed E-state index contributed by atoms with van der Waals surface area (Å²) in [6.45, 7) is 3.80. The lowest BCUT2D eigenvalue weighted by Gasteiger charge is -2.20. The van der Waals surface area contributed by atoms with Gasteiger partial charge < -0.3 is 10.2 Å². The van der Waals surface area contributed by atoms with Crippen LogP contribution in [0.2, 0.25) is 0 Å². The zero-order valence-corrected chi connectivity index (χ0v) is 8.76. The Morgan fingerprint density at radius 3 is 2.77 bits per heavy atom. The van der Waals surface area contributed by atoms with Crippen LogP contribution in [0.4, 0.5) is 0 Å². The third-order valence-corrected chi connectivity index (χ3v) is 3.31. The molecule has 2 nitrogen and oxygen atoms in total. The number of hydrogen-bond acceptors (Lipinski definition) is 2. The number of nitrogens with one attached hydrogen (secondary N) is 1. The van der Waals surface area contributed by atoms with Crippen molar-refractivity contribution in [2.45, 2.75) is 38.1 Å². The number of nitrogens with zero attached hydrogens (tertiary/aromatic N) is 1. The van der Waals surface area contributed by atoms with Gasteiger partial charge in [-0.15, -0.1) is 0 Å². The minimum absolute atomic E-state index is 0.782. The fourth-order valence-electron chi connectivity index (χ4n) is 2.19. The Morgan fingerprint density at radius 1 is 1.31 bits per heavy atom. The Balaban J connectivity index is 1.56. The van der Waals surface area contributed by atoms with Crippen molar-refractivity contribution in [1.82, 2.24) is 10.2 Å². The van der Waals surface area contributed by atoms with Gasteiger partial charge in [-0.2, -0.15) is 0 Å². The Morgan fingerprint density at radius 2 is 2.15 bits per heavy atom. The van der Waals surface area contributed by atoms with Crippen LogP contribution in [-0.4, -0.2) is 37.6 Å². The first-order valence-corrected chi connectivity index (χ1v) is 5.76. The second-order valence-corrected chi connectivity index (χ2v) is 4.79. The molecule has 1 aliphatic carbocycles. The highest BCUT2D eigenvalue weighted by Gasteiger charge is 2.22. The molecule has 1 saturated carbocycles. The number of likely N-dealkylation sites (N-methyl/N-ethyl adjacent to an activating group) is 1. The standard InChI is InChI=1S/C11H22N2/c1-13(8-6-10-4-5-10)9-11-3-2-7-12-11/h10-12H,2-9H2,1H3. The first kappa shape index (κ1) is 9.47. The van der Waals surface area contributed by atoms with Crippen molar-refractivity contribution in [2.75, 3.05) is 26.7 Å². The molecule has 1 N–H and O–H groups in total. The van der Waals surface area contributed by atoms with Crippen molar-refractivity contribution in [3.63, 3.8) is 0 Å². The van der Waals surface area contributed by atoms with Gasteiger partial charge in [-0.1, -0.05) is 12.8 Å². The Hall–Kier alpha value is -0.0800. The van der Waals surface area contributed by atoms with Crippen LogP contribution in [-0.2, 0) is 0 Å². The molecule has 1 unspecified atom stereocenters. The Bertz CT molecular complexity index is 148. The zero-order chi connectivity index (χ0) is 9.10. The van der Waals surface area contributed by atoms with E-state index in [1.165, 1.54) is 51.7 Å². The molecule has 2 aliphatic rings. The maximum Gasteiger partial charge on any atom is 0.0195 e. The molecule has 1 aliphatic heterocycles. The van der Waals surface area contributed by atoms with E-state index in [0.29, 0.717) is 0 Å². The molecular formula is C11H22N2. The van der Waals surface area contributed by atoms with Gasteiger partial charge >= 0.3 is 0 Å². The van der Waals surface area contributed by atoms with Crippen molar-refractivity contribution in [3.8, 4) is 0 Å². The molecule has 0 aromatic rings. The zero-order valence-electron chi connectivity index (χ0n) is 8.76. The van der Waals surface area contributed by atoms with Crippen LogP contribution in [0.15, 0.2) is 0 Å². The van der Waals surface area contributed by atoms with Crippen LogP contribution in [0.1, 0.15) is 32.1 Å². The largest absolute Gasteiger partial charge is 0.313 e. The van der Waals surface area contributed by atoms with Crippen molar-refractivity contribution >= 4 is 0 Å². The first-order chi connectivity index (χ1) is 6.34. The topological polar surface area (TPSA) is 15.3 Å². The number of hydrogen-bond donors (Lipinski definition) is 1. The predicted molar refractivity (Wildman–Crippen MR) is 55.9 cm³/mol. The summed E-state index contributed by atoms with van der Waals surface area (Å²) < 4.78 is 0. The van der Waals surface area contributed by atoms with Gasteiger partial charge in [0.05, 0.1) is 0 Å². The van der Waals surface area contributed by atoms with Crippen molar-refractivity contribution in [2.24, 2.45) is 5.92 Å². The molecule has 1 heterocycles. The minimum atomic E-state index is 0.782. The van der Waals surface area contributed by atoms with Gasteiger partial charge in [-0.25, -0.2) is 0 Å². The third-order valence-electron chi connectivity index (χ3n) is 3.31. The van der Waals surface area contributed by atoms with E-state index in [-0.39, 0.29) is 0 Å². The average molecular weight is 182 g/mol. The molecule has 0 radical (unpaired) electrons. The third kappa shape index (κ3) is 3.28. The fourth-order valence-corrected chi connectivity index (χ4v) is 2.19. The summed E-state index contributed by atoms with van der Waals surface area (Å²) in [5, 5.41) is 3.55. The molecule has 0 aromatic heterocycles. The van der Waals surface area contributed by atoms with Crippen LogP contribution in [0.5, 0.6) is 0 Å². The SMILES string of the molecule is CN(CCC1CC1)CC1CCCN1. The van der Waals surface area contributed by atoms with Gasteiger partial charge in [0.15, 0.2) is 0 Å². The predicted octanol–water partition coefficient (Wildman–Crippen LogP) is 1.47. The smallest absolute Gasteiger partial charge is 0.0195 e. The van der Waals surface area contributed by atoms with Gasteiger partial charge in [0.25, 0.3) is 0 Å². The molecule has 0 amide bonds. The second kappa shape index (κ2) is 4.43. The molecule has 76 valence electrons. The van der Waals surface area contributed by atoms with E-state index in [1.807, 2.05) is 0 Å². The minimum Gasteiger partial charge on any atom is -0.313 e. The second-order valence-electron chi connectivity index (χ2n) is 4.79. The van der Waals surface area contributed by atoms with Crippen molar-refractivity contribution in [1.29, 1.82) is 0 Å². The molecule has 13 heavy (non-hydrogen) atoms. The maximum absolute atomic E-state index is 3.55. The lowest BCUT2D eigenvalue weighted by atomic mass is 10.2. The van der Waals surface area contributed by atoms with Crippen molar-refractivity contribution in [3.05, 3.63) is 0 Å². The Kier molecular flexibility index (Phi) is 3.23. The van der Waals surface area contributed by atoms with Gasteiger partial charge in [0, 0.05) is 12.6 Å². The maximum atomic E-state index is 3.55. The van der Waals surface area contributed by atoms with Gasteiger partial charge in [-0.3, -0.25) is 0 Å². The Labute approximate surface area is 81.7 Å². The van der Waals surface area contributed by atoms with Gasteiger partial charge in [0.2, 0.25) is 0 Å². The molecule has 0 bridgehead atoms. The summed E-state index contributed by atoms with van der Waals surface area (Å²) in [7, 11) is 2.27. The molecule has 2 rings (SSSR count). The van der Waals surface area contributed by atoms with E-state index < -0.39 is 0 Å². The summed E-state index contributed by atoms with van der Waals surface area (Å²) >= 11 is 0. The summed E-state index contributed by atoms with van der Waals surface area (Å²) in [4.78, 5) is 2.50. The molecule has 1 saturated heterocycles. The fraction of sp³-hybridized carbons (Fsp3) is 1.00. The van der Waals surface area contributed by atoms with Crippen LogP contribution in [0.3, 0.4) is 0 Å². The molecule has 2 fully saturated rings. The van der Waals surface area contributed by atoms with E-state index in [9.17, 15) is 0 Å². The highest BCUT2D eigenvalue weighted by Crippen LogP contribution is 2.32. The quantitative estimate of drug-likeness (QED) is 0.692. The van der Waals surface area contributed by atoms with E-state index >= 15 is 0 Å². The monoisotopic (exact) mass is 182 g/mol. The van der Waals surface area contributed by atoms with E-state index in [2.05, 4.69) is 17.3 Å². The van der Waals surface area contributed by atoms with E-state index in [0.717, 1.165) is 12.0 Å². The summed E-state index contributed by atoms with van der Waals surface area (Å²) in [5.41, 5.74) is 0. The molecule has 2 heteroatoms. The van der Waals surface area contributed by atoms with Crippen LogP contribution in [0.25, 0.3) is 0 Å².